The number of rotatable bonds is 3. The molecule has 0 saturated carbocycles. The van der Waals surface area contributed by atoms with Crippen LogP contribution in [0.25, 0.3) is 0 Å². The van der Waals surface area contributed by atoms with Crippen molar-refractivity contribution in [1.82, 2.24) is 14.5 Å². The summed E-state index contributed by atoms with van der Waals surface area (Å²) in [5, 5.41) is 0. The topological polar surface area (TPSA) is 21.1 Å². The van der Waals surface area contributed by atoms with Crippen molar-refractivity contribution in [3.63, 3.8) is 0 Å². The van der Waals surface area contributed by atoms with Gasteiger partial charge in [0.1, 0.15) is 0 Å². The fourth-order valence-corrected chi connectivity index (χ4v) is 4.10. The molecule has 1 unspecified atom stereocenters. The second-order valence-electron chi connectivity index (χ2n) is 6.98. The van der Waals surface area contributed by atoms with Crippen molar-refractivity contribution < 1.29 is 0 Å². The lowest BCUT2D eigenvalue weighted by atomic mass is 9.92. The van der Waals surface area contributed by atoms with Gasteiger partial charge in [-0.2, -0.15) is 0 Å². The van der Waals surface area contributed by atoms with Gasteiger partial charge in [-0.25, -0.2) is 0 Å². The molecule has 0 N–H and O–H groups in total. The van der Waals surface area contributed by atoms with E-state index in [0.29, 0.717) is 0 Å². The van der Waals surface area contributed by atoms with E-state index in [2.05, 4.69) is 77.0 Å². The fourth-order valence-electron chi connectivity index (χ4n) is 4.10. The summed E-state index contributed by atoms with van der Waals surface area (Å²) in [5.74, 6) is 0. The van der Waals surface area contributed by atoms with Gasteiger partial charge in [0.05, 0.1) is 11.7 Å². The Hall–Kier alpha value is -2.39. The maximum Gasteiger partial charge on any atom is 0.0764 e. The van der Waals surface area contributed by atoms with Crippen molar-refractivity contribution in [2.75, 3.05) is 6.54 Å². The van der Waals surface area contributed by atoms with E-state index in [-0.39, 0.29) is 6.04 Å². The van der Waals surface area contributed by atoms with E-state index in [0.717, 1.165) is 31.7 Å². The van der Waals surface area contributed by atoms with E-state index in [1.54, 1.807) is 0 Å². The quantitative estimate of drug-likeness (QED) is 0.705. The highest BCUT2D eigenvalue weighted by Gasteiger charge is 2.29. The van der Waals surface area contributed by atoms with Gasteiger partial charge in [0.25, 0.3) is 0 Å². The van der Waals surface area contributed by atoms with Gasteiger partial charge in [0.15, 0.2) is 0 Å². The molecule has 1 aliphatic rings. The molecule has 0 amide bonds. The second kappa shape index (κ2) is 6.85. The van der Waals surface area contributed by atoms with E-state index < -0.39 is 0 Å². The highest BCUT2D eigenvalue weighted by atomic mass is 15.2. The third-order valence-corrected chi connectivity index (χ3v) is 5.26. The molecule has 2 aromatic heterocycles. The summed E-state index contributed by atoms with van der Waals surface area (Å²) >= 11 is 0. The Morgan fingerprint density at radius 1 is 0.960 bits per heavy atom. The van der Waals surface area contributed by atoms with Crippen molar-refractivity contribution in [2.45, 2.75) is 39.4 Å². The van der Waals surface area contributed by atoms with Crippen LogP contribution >= 0.6 is 0 Å². The average Bonchev–Trinajstić information content (AvgIpc) is 3.00. The Bertz CT molecular complexity index is 830. The predicted molar refractivity (Wildman–Crippen MR) is 101 cm³/mol. The molecule has 0 saturated heterocycles. The zero-order chi connectivity index (χ0) is 17.2. The van der Waals surface area contributed by atoms with Crippen LogP contribution in [0, 0.1) is 13.8 Å². The van der Waals surface area contributed by atoms with E-state index in [9.17, 15) is 0 Å². The molecule has 25 heavy (non-hydrogen) atoms. The molecule has 3 aromatic rings. The van der Waals surface area contributed by atoms with Gasteiger partial charge >= 0.3 is 0 Å². The van der Waals surface area contributed by atoms with Crippen LogP contribution in [-0.2, 0) is 13.1 Å². The number of aromatic nitrogens is 2. The molecule has 0 bridgehead atoms. The van der Waals surface area contributed by atoms with E-state index >= 15 is 0 Å². The van der Waals surface area contributed by atoms with Gasteiger partial charge in [-0.05, 0) is 61.2 Å². The third-order valence-electron chi connectivity index (χ3n) is 5.26. The van der Waals surface area contributed by atoms with E-state index in [1.165, 1.54) is 22.4 Å². The molecule has 0 spiro atoms. The van der Waals surface area contributed by atoms with Gasteiger partial charge in [-0.3, -0.25) is 9.88 Å². The van der Waals surface area contributed by atoms with Crippen LogP contribution in [0.15, 0.2) is 60.9 Å². The van der Waals surface area contributed by atoms with Crippen LogP contribution in [-0.4, -0.2) is 21.0 Å². The van der Waals surface area contributed by atoms with Crippen LogP contribution in [0.3, 0.4) is 0 Å². The largest absolute Gasteiger partial charge is 0.350 e. The van der Waals surface area contributed by atoms with Gasteiger partial charge in [-0.15, -0.1) is 0 Å². The summed E-state index contributed by atoms with van der Waals surface area (Å²) in [5.41, 5.74) is 6.71. The zero-order valence-corrected chi connectivity index (χ0v) is 15.0. The first-order valence-electron chi connectivity index (χ1n) is 9.09. The minimum atomic E-state index is 0.278. The summed E-state index contributed by atoms with van der Waals surface area (Å²) in [6, 6.07) is 17.6. The maximum atomic E-state index is 4.57. The summed E-state index contributed by atoms with van der Waals surface area (Å²) in [6.07, 6.45) is 5.28. The molecule has 3 heteroatoms. The van der Waals surface area contributed by atoms with Crippen LogP contribution in [0.2, 0.25) is 0 Å². The van der Waals surface area contributed by atoms with Gasteiger partial charge < -0.3 is 4.57 Å². The zero-order valence-electron chi connectivity index (χ0n) is 15.0. The van der Waals surface area contributed by atoms with Crippen molar-refractivity contribution in [3.8, 4) is 0 Å². The molecule has 4 rings (SSSR count). The number of benzene rings is 1. The highest BCUT2D eigenvalue weighted by Crippen LogP contribution is 2.36. The van der Waals surface area contributed by atoms with Gasteiger partial charge in [-0.1, -0.05) is 24.3 Å². The van der Waals surface area contributed by atoms with Crippen LogP contribution in [0.4, 0.5) is 0 Å². The Kier molecular flexibility index (Phi) is 4.41. The first-order valence-corrected chi connectivity index (χ1v) is 9.09. The van der Waals surface area contributed by atoms with Crippen molar-refractivity contribution in [1.29, 1.82) is 0 Å². The molecule has 128 valence electrons. The molecule has 0 fully saturated rings. The Morgan fingerprint density at radius 3 is 2.56 bits per heavy atom. The minimum absolute atomic E-state index is 0.278. The van der Waals surface area contributed by atoms with E-state index in [4.69, 9.17) is 0 Å². The van der Waals surface area contributed by atoms with Crippen molar-refractivity contribution in [2.24, 2.45) is 0 Å². The first-order chi connectivity index (χ1) is 12.2. The molecule has 3 heterocycles. The molecule has 3 nitrogen and oxygen atoms in total. The van der Waals surface area contributed by atoms with Crippen LogP contribution in [0.5, 0.6) is 0 Å². The Balaban J connectivity index is 1.81. The number of hydrogen-bond donors (Lipinski definition) is 0. The molecular formula is C22H25N3. The predicted octanol–water partition coefficient (Wildman–Crippen LogP) is 4.50. The number of hydrogen-bond acceptors (Lipinski definition) is 2. The lowest BCUT2D eigenvalue weighted by molar-refractivity contribution is 0.216. The van der Waals surface area contributed by atoms with Gasteiger partial charge in [0.2, 0.25) is 0 Å². The number of aryl methyl sites for hydroxylation is 3. The molecule has 0 radical (unpaired) electrons. The Morgan fingerprint density at radius 2 is 1.80 bits per heavy atom. The normalized spacial score (nSPS) is 17.9. The van der Waals surface area contributed by atoms with Crippen molar-refractivity contribution >= 4 is 0 Å². The number of fused-ring (bicyclic) bond motifs is 1. The monoisotopic (exact) mass is 331 g/mol. The fraction of sp³-hybridized carbons (Fsp3) is 0.318. The summed E-state index contributed by atoms with van der Waals surface area (Å²) in [4.78, 5) is 7.17. The first kappa shape index (κ1) is 16.1. The number of nitrogens with zero attached hydrogens (tertiary/aromatic N) is 3. The van der Waals surface area contributed by atoms with Crippen LogP contribution < -0.4 is 0 Å². The minimum Gasteiger partial charge on any atom is -0.350 e. The smallest absolute Gasteiger partial charge is 0.0764 e. The summed E-state index contributed by atoms with van der Waals surface area (Å²) in [6.45, 7) is 7.52. The molecule has 1 aliphatic heterocycles. The van der Waals surface area contributed by atoms with Crippen LogP contribution in [0.1, 0.15) is 40.5 Å². The SMILES string of the molecule is Cc1cccc(C)c1C1c2cccn2CCCN1Cc1ccccn1. The molecular weight excluding hydrogens is 306 g/mol. The lowest BCUT2D eigenvalue weighted by Gasteiger charge is -2.32. The van der Waals surface area contributed by atoms with Crippen molar-refractivity contribution in [3.05, 3.63) is 89.0 Å². The molecule has 1 aromatic carbocycles. The third kappa shape index (κ3) is 3.12. The molecule has 0 aliphatic carbocycles. The highest BCUT2D eigenvalue weighted by molar-refractivity contribution is 5.41. The summed E-state index contributed by atoms with van der Waals surface area (Å²) < 4.78 is 2.43. The second-order valence-corrected chi connectivity index (χ2v) is 6.98. The summed E-state index contributed by atoms with van der Waals surface area (Å²) in [7, 11) is 0. The van der Waals surface area contributed by atoms with E-state index in [1.807, 2.05) is 12.3 Å². The van der Waals surface area contributed by atoms with Gasteiger partial charge in [0, 0.05) is 37.7 Å². The lowest BCUT2D eigenvalue weighted by Crippen LogP contribution is -2.30. The Labute approximate surface area is 149 Å². The molecule has 1 atom stereocenters. The standard InChI is InChI=1S/C22H25N3/c1-17-8-5-9-18(2)21(17)22-20-11-6-13-24(20)14-7-15-25(22)16-19-10-3-4-12-23-19/h3-6,8-13,22H,7,14-16H2,1-2H3. The number of pyridine rings is 1. The average molecular weight is 331 g/mol. The maximum absolute atomic E-state index is 4.57.